The molecule has 4 nitrogen and oxygen atoms in total. The zero-order valence-electron chi connectivity index (χ0n) is 10.6. The Bertz CT molecular complexity index is 387. The number of piperazine rings is 1. The molecule has 98 valence electrons. The zero-order valence-corrected chi connectivity index (χ0v) is 10.6. The van der Waals surface area contributed by atoms with Crippen molar-refractivity contribution in [3.05, 3.63) is 29.8 Å². The van der Waals surface area contributed by atoms with Gasteiger partial charge in [-0.05, 0) is 6.07 Å². The summed E-state index contributed by atoms with van der Waals surface area (Å²) in [6, 6.07) is 8.35. The van der Waals surface area contributed by atoms with Crippen LogP contribution in [0.4, 0.5) is 0 Å². The summed E-state index contributed by atoms with van der Waals surface area (Å²) in [6.45, 7) is 6.82. The molecule has 2 fully saturated rings. The molecule has 2 saturated heterocycles. The minimum Gasteiger partial charge on any atom is -0.485 e. The fourth-order valence-corrected chi connectivity index (χ4v) is 2.32. The normalized spacial score (nSPS) is 21.6. The third kappa shape index (κ3) is 2.83. The van der Waals surface area contributed by atoms with Crippen molar-refractivity contribution in [1.29, 1.82) is 0 Å². The Kier molecular flexibility index (Phi) is 3.78. The molecule has 0 saturated carbocycles. The zero-order chi connectivity index (χ0) is 12.2. The van der Waals surface area contributed by atoms with E-state index < -0.39 is 0 Å². The van der Waals surface area contributed by atoms with E-state index in [9.17, 15) is 0 Å². The highest BCUT2D eigenvalue weighted by molar-refractivity contribution is 5.33. The molecule has 2 aliphatic heterocycles. The standard InChI is InChI=1S/C14H20N2O2/c1-2-4-14(18-13-10-17-11-13)12(3-1)9-16-7-5-15-6-8-16/h1-4,13,15H,5-11H2. The van der Waals surface area contributed by atoms with Crippen LogP contribution >= 0.6 is 0 Å². The molecule has 2 aliphatic rings. The first-order valence-electron chi connectivity index (χ1n) is 6.67. The second-order valence-corrected chi connectivity index (χ2v) is 4.91. The average Bonchev–Trinajstić information content (AvgIpc) is 2.37. The van der Waals surface area contributed by atoms with Gasteiger partial charge < -0.3 is 14.8 Å². The van der Waals surface area contributed by atoms with Gasteiger partial charge >= 0.3 is 0 Å². The average molecular weight is 248 g/mol. The first kappa shape index (κ1) is 12.0. The molecule has 0 spiro atoms. The van der Waals surface area contributed by atoms with Crippen LogP contribution in [0.15, 0.2) is 24.3 Å². The van der Waals surface area contributed by atoms with E-state index in [-0.39, 0.29) is 6.10 Å². The van der Waals surface area contributed by atoms with Crippen LogP contribution in [-0.2, 0) is 11.3 Å². The first-order chi connectivity index (χ1) is 8.92. The van der Waals surface area contributed by atoms with Crippen molar-refractivity contribution in [3.8, 4) is 5.75 Å². The van der Waals surface area contributed by atoms with E-state index in [2.05, 4.69) is 28.4 Å². The van der Waals surface area contributed by atoms with E-state index in [1.807, 2.05) is 6.07 Å². The van der Waals surface area contributed by atoms with E-state index in [0.29, 0.717) is 0 Å². The third-order valence-electron chi connectivity index (χ3n) is 3.48. The minimum atomic E-state index is 0.245. The van der Waals surface area contributed by atoms with Crippen LogP contribution in [0.25, 0.3) is 0 Å². The lowest BCUT2D eigenvalue weighted by atomic mass is 10.1. The second-order valence-electron chi connectivity index (χ2n) is 4.91. The van der Waals surface area contributed by atoms with Gasteiger partial charge in [0.15, 0.2) is 0 Å². The molecular formula is C14H20N2O2. The Labute approximate surface area is 108 Å². The highest BCUT2D eigenvalue weighted by Crippen LogP contribution is 2.23. The third-order valence-corrected chi connectivity index (χ3v) is 3.48. The lowest BCUT2D eigenvalue weighted by Crippen LogP contribution is -2.43. The molecule has 1 aromatic rings. The van der Waals surface area contributed by atoms with Crippen LogP contribution in [0, 0.1) is 0 Å². The van der Waals surface area contributed by atoms with E-state index >= 15 is 0 Å². The molecule has 0 unspecified atom stereocenters. The molecule has 18 heavy (non-hydrogen) atoms. The maximum Gasteiger partial charge on any atom is 0.145 e. The molecule has 2 heterocycles. The maximum atomic E-state index is 5.96. The van der Waals surface area contributed by atoms with Crippen LogP contribution in [0.5, 0.6) is 5.75 Å². The van der Waals surface area contributed by atoms with Gasteiger partial charge in [0.2, 0.25) is 0 Å². The predicted molar refractivity (Wildman–Crippen MR) is 69.8 cm³/mol. The van der Waals surface area contributed by atoms with E-state index in [0.717, 1.165) is 51.7 Å². The van der Waals surface area contributed by atoms with Gasteiger partial charge in [0.1, 0.15) is 11.9 Å². The number of benzene rings is 1. The summed E-state index contributed by atoms with van der Waals surface area (Å²) in [6.07, 6.45) is 0.245. The number of hydrogen-bond donors (Lipinski definition) is 1. The van der Waals surface area contributed by atoms with E-state index in [4.69, 9.17) is 9.47 Å². The lowest BCUT2D eigenvalue weighted by molar-refractivity contribution is -0.0801. The van der Waals surface area contributed by atoms with Crippen LogP contribution < -0.4 is 10.1 Å². The summed E-state index contributed by atoms with van der Waals surface area (Å²) >= 11 is 0. The smallest absolute Gasteiger partial charge is 0.145 e. The molecule has 1 aromatic carbocycles. The maximum absolute atomic E-state index is 5.96. The summed E-state index contributed by atoms with van der Waals surface area (Å²) in [5.41, 5.74) is 1.28. The highest BCUT2D eigenvalue weighted by Gasteiger charge is 2.21. The summed E-state index contributed by atoms with van der Waals surface area (Å²) in [7, 11) is 0. The van der Waals surface area contributed by atoms with Crippen molar-refractivity contribution in [1.82, 2.24) is 10.2 Å². The van der Waals surface area contributed by atoms with Gasteiger partial charge in [-0.25, -0.2) is 0 Å². The Morgan fingerprint density at radius 3 is 2.72 bits per heavy atom. The largest absolute Gasteiger partial charge is 0.485 e. The van der Waals surface area contributed by atoms with Crippen molar-refractivity contribution in [3.63, 3.8) is 0 Å². The number of ether oxygens (including phenoxy) is 2. The van der Waals surface area contributed by atoms with Crippen molar-refractivity contribution < 1.29 is 9.47 Å². The topological polar surface area (TPSA) is 33.7 Å². The Hall–Kier alpha value is -1.10. The SMILES string of the molecule is c1ccc(OC2COC2)c(CN2CCNCC2)c1. The van der Waals surface area contributed by atoms with E-state index in [1.54, 1.807) is 0 Å². The monoisotopic (exact) mass is 248 g/mol. The Morgan fingerprint density at radius 1 is 1.22 bits per heavy atom. The van der Waals surface area contributed by atoms with Crippen LogP contribution in [0.2, 0.25) is 0 Å². The first-order valence-corrected chi connectivity index (χ1v) is 6.67. The minimum absolute atomic E-state index is 0.245. The van der Waals surface area contributed by atoms with Gasteiger partial charge in [0, 0.05) is 38.3 Å². The van der Waals surface area contributed by atoms with Gasteiger partial charge in [0.25, 0.3) is 0 Å². The molecule has 0 bridgehead atoms. The van der Waals surface area contributed by atoms with Crippen molar-refractivity contribution in [2.24, 2.45) is 0 Å². The number of rotatable bonds is 4. The molecule has 0 radical (unpaired) electrons. The summed E-state index contributed by atoms with van der Waals surface area (Å²) in [5.74, 6) is 1.02. The predicted octanol–water partition coefficient (Wildman–Crippen LogP) is 0.869. The van der Waals surface area contributed by atoms with Crippen LogP contribution in [0.3, 0.4) is 0 Å². The van der Waals surface area contributed by atoms with Gasteiger partial charge in [-0.1, -0.05) is 18.2 Å². The molecular weight excluding hydrogens is 228 g/mol. The molecule has 0 aromatic heterocycles. The second kappa shape index (κ2) is 5.69. The highest BCUT2D eigenvalue weighted by atomic mass is 16.6. The Balaban J connectivity index is 1.65. The van der Waals surface area contributed by atoms with E-state index in [1.165, 1.54) is 5.56 Å². The van der Waals surface area contributed by atoms with Crippen LogP contribution in [0.1, 0.15) is 5.56 Å². The Morgan fingerprint density at radius 2 is 2.00 bits per heavy atom. The van der Waals surface area contributed by atoms with Crippen molar-refractivity contribution in [2.75, 3.05) is 39.4 Å². The summed E-state index contributed by atoms with van der Waals surface area (Å²) in [4.78, 5) is 2.47. The van der Waals surface area contributed by atoms with Gasteiger partial charge in [0.05, 0.1) is 13.2 Å². The number of nitrogens with one attached hydrogen (secondary N) is 1. The number of nitrogens with zero attached hydrogens (tertiary/aromatic N) is 1. The molecule has 4 heteroatoms. The number of hydrogen-bond acceptors (Lipinski definition) is 4. The summed E-state index contributed by atoms with van der Waals surface area (Å²) < 4.78 is 11.1. The lowest BCUT2D eigenvalue weighted by Gasteiger charge is -2.30. The molecule has 1 N–H and O–H groups in total. The fourth-order valence-electron chi connectivity index (χ4n) is 2.32. The molecule has 0 aliphatic carbocycles. The van der Waals surface area contributed by atoms with Crippen molar-refractivity contribution in [2.45, 2.75) is 12.6 Å². The van der Waals surface area contributed by atoms with Crippen molar-refractivity contribution >= 4 is 0 Å². The molecule has 0 atom stereocenters. The van der Waals surface area contributed by atoms with Gasteiger partial charge in [-0.15, -0.1) is 0 Å². The summed E-state index contributed by atoms with van der Waals surface area (Å²) in [5, 5.41) is 3.38. The molecule has 3 rings (SSSR count). The van der Waals surface area contributed by atoms with Crippen LogP contribution in [-0.4, -0.2) is 50.4 Å². The quantitative estimate of drug-likeness (QED) is 0.857. The molecule has 0 amide bonds. The number of para-hydroxylation sites is 1. The van der Waals surface area contributed by atoms with Gasteiger partial charge in [-0.2, -0.15) is 0 Å². The van der Waals surface area contributed by atoms with Gasteiger partial charge in [-0.3, -0.25) is 4.90 Å². The fraction of sp³-hybridized carbons (Fsp3) is 0.571.